The number of amides is 1. The SMILES string of the molecule is COCC(=O)Nc1c(Cl)c(C(=O)Cl)c(I)c(C(=O)Cl)c1I. The molecule has 0 aliphatic heterocycles. The summed E-state index contributed by atoms with van der Waals surface area (Å²) in [6, 6.07) is 0. The molecule has 1 amide bonds. The Balaban J connectivity index is 3.60. The Morgan fingerprint density at radius 1 is 1.10 bits per heavy atom. The van der Waals surface area contributed by atoms with Crippen molar-refractivity contribution in [3.63, 3.8) is 0 Å². The van der Waals surface area contributed by atoms with Crippen molar-refractivity contribution in [1.29, 1.82) is 0 Å². The molecular weight excluding hydrogens is 570 g/mol. The van der Waals surface area contributed by atoms with E-state index in [1.807, 2.05) is 0 Å². The zero-order chi connectivity index (χ0) is 16.3. The number of rotatable bonds is 5. The number of methoxy groups -OCH3 is 1. The highest BCUT2D eigenvalue weighted by atomic mass is 127. The molecule has 0 unspecified atom stereocenters. The number of ether oxygens (including phenoxy) is 1. The van der Waals surface area contributed by atoms with Crippen LogP contribution in [-0.2, 0) is 9.53 Å². The van der Waals surface area contributed by atoms with Gasteiger partial charge in [-0.2, -0.15) is 0 Å². The average molecular weight is 576 g/mol. The highest BCUT2D eigenvalue weighted by Gasteiger charge is 2.27. The van der Waals surface area contributed by atoms with Crippen LogP contribution in [0.25, 0.3) is 0 Å². The van der Waals surface area contributed by atoms with Gasteiger partial charge in [-0.05, 0) is 68.4 Å². The van der Waals surface area contributed by atoms with Crippen LogP contribution in [0.4, 0.5) is 5.69 Å². The van der Waals surface area contributed by atoms with Gasteiger partial charge in [0.05, 0.1) is 25.4 Å². The summed E-state index contributed by atoms with van der Waals surface area (Å²) in [6.07, 6.45) is 0. The Labute approximate surface area is 162 Å². The molecule has 0 atom stereocenters. The number of carbonyl (C=O) groups is 3. The van der Waals surface area contributed by atoms with E-state index < -0.39 is 16.4 Å². The third-order valence-electron chi connectivity index (χ3n) is 2.25. The molecule has 5 nitrogen and oxygen atoms in total. The summed E-state index contributed by atoms with van der Waals surface area (Å²) < 4.78 is 5.23. The molecule has 1 aromatic carbocycles. The molecule has 21 heavy (non-hydrogen) atoms. The quantitative estimate of drug-likeness (QED) is 0.427. The summed E-state index contributed by atoms with van der Waals surface area (Å²) in [6.45, 7) is -0.216. The third-order valence-corrected chi connectivity index (χ3v) is 5.16. The summed E-state index contributed by atoms with van der Waals surface area (Å²) in [4.78, 5) is 34.7. The first-order valence-corrected chi connectivity index (χ1v) is 8.40. The number of carbonyl (C=O) groups excluding carboxylic acids is 3. The molecule has 0 spiro atoms. The van der Waals surface area contributed by atoms with Crippen molar-refractivity contribution in [2.24, 2.45) is 0 Å². The maximum absolute atomic E-state index is 11.6. The van der Waals surface area contributed by atoms with Gasteiger partial charge in [0.1, 0.15) is 6.61 Å². The molecule has 1 rings (SSSR count). The summed E-state index contributed by atoms with van der Waals surface area (Å²) in [5.74, 6) is -0.500. The molecule has 114 valence electrons. The fourth-order valence-electron chi connectivity index (χ4n) is 1.43. The predicted octanol–water partition coefficient (Wildman–Crippen LogP) is 3.89. The Hall–Kier alpha value is 0.320. The number of halogens is 5. The topological polar surface area (TPSA) is 72.5 Å². The average Bonchev–Trinajstić information content (AvgIpc) is 2.33. The van der Waals surface area contributed by atoms with Crippen LogP contribution in [0.5, 0.6) is 0 Å². The fraction of sp³-hybridized carbons (Fsp3) is 0.182. The zero-order valence-corrected chi connectivity index (χ0v) is 16.8. The van der Waals surface area contributed by atoms with Gasteiger partial charge in [-0.1, -0.05) is 11.6 Å². The number of benzene rings is 1. The van der Waals surface area contributed by atoms with E-state index in [1.165, 1.54) is 7.11 Å². The van der Waals surface area contributed by atoms with E-state index in [2.05, 4.69) is 10.1 Å². The van der Waals surface area contributed by atoms with E-state index in [1.54, 1.807) is 45.2 Å². The normalized spacial score (nSPS) is 10.4. The van der Waals surface area contributed by atoms with Crippen molar-refractivity contribution in [1.82, 2.24) is 0 Å². The second-order valence-electron chi connectivity index (χ2n) is 3.60. The molecule has 0 aliphatic carbocycles. The number of hydrogen-bond donors (Lipinski definition) is 1. The molecule has 1 N–H and O–H groups in total. The molecule has 0 aromatic heterocycles. The van der Waals surface area contributed by atoms with Gasteiger partial charge < -0.3 is 10.1 Å². The Morgan fingerprint density at radius 3 is 2.05 bits per heavy atom. The van der Waals surface area contributed by atoms with E-state index >= 15 is 0 Å². The molecular formula is C11H6Cl3I2NO4. The number of hydrogen-bond acceptors (Lipinski definition) is 4. The van der Waals surface area contributed by atoms with Crippen LogP contribution in [-0.4, -0.2) is 30.1 Å². The summed E-state index contributed by atoms with van der Waals surface area (Å²) >= 11 is 20.7. The van der Waals surface area contributed by atoms with Gasteiger partial charge in [-0.3, -0.25) is 14.4 Å². The van der Waals surface area contributed by atoms with Gasteiger partial charge in [0.25, 0.3) is 10.5 Å². The van der Waals surface area contributed by atoms with Gasteiger partial charge in [0.2, 0.25) is 5.91 Å². The van der Waals surface area contributed by atoms with E-state index in [4.69, 9.17) is 34.8 Å². The van der Waals surface area contributed by atoms with Crippen molar-refractivity contribution in [3.05, 3.63) is 23.3 Å². The summed E-state index contributed by atoms with van der Waals surface area (Å²) in [5.41, 5.74) is 0.0581. The van der Waals surface area contributed by atoms with Crippen LogP contribution in [0, 0.1) is 7.14 Å². The first kappa shape index (κ1) is 19.4. The summed E-state index contributed by atoms with van der Waals surface area (Å²) in [7, 11) is 1.35. The van der Waals surface area contributed by atoms with Gasteiger partial charge in [0, 0.05) is 10.7 Å². The van der Waals surface area contributed by atoms with Crippen molar-refractivity contribution in [3.8, 4) is 0 Å². The molecule has 10 heteroatoms. The minimum atomic E-state index is -0.859. The molecule has 0 saturated heterocycles. The second kappa shape index (κ2) is 8.25. The first-order valence-electron chi connectivity index (χ1n) is 5.11. The molecule has 0 aliphatic rings. The Morgan fingerprint density at radius 2 is 1.62 bits per heavy atom. The van der Waals surface area contributed by atoms with Crippen LogP contribution in [0.2, 0.25) is 5.02 Å². The van der Waals surface area contributed by atoms with Crippen molar-refractivity contribution in [2.45, 2.75) is 0 Å². The van der Waals surface area contributed by atoms with E-state index in [9.17, 15) is 14.4 Å². The van der Waals surface area contributed by atoms with Crippen LogP contribution >= 0.6 is 80.0 Å². The lowest BCUT2D eigenvalue weighted by Gasteiger charge is -2.16. The number of anilines is 1. The highest BCUT2D eigenvalue weighted by molar-refractivity contribution is 14.1. The van der Waals surface area contributed by atoms with Gasteiger partial charge in [-0.15, -0.1) is 0 Å². The van der Waals surface area contributed by atoms with Crippen molar-refractivity contribution in [2.75, 3.05) is 19.0 Å². The summed E-state index contributed by atoms with van der Waals surface area (Å²) in [5, 5.41) is 0.759. The zero-order valence-electron chi connectivity index (χ0n) is 10.2. The minimum Gasteiger partial charge on any atom is -0.375 e. The van der Waals surface area contributed by atoms with Crippen molar-refractivity contribution >= 4 is 102 Å². The maximum Gasteiger partial charge on any atom is 0.255 e. The van der Waals surface area contributed by atoms with Crippen LogP contribution in [0.3, 0.4) is 0 Å². The smallest absolute Gasteiger partial charge is 0.255 e. The largest absolute Gasteiger partial charge is 0.375 e. The molecule has 1 aromatic rings. The van der Waals surface area contributed by atoms with Gasteiger partial charge >= 0.3 is 0 Å². The number of nitrogens with one attached hydrogen (secondary N) is 1. The lowest BCUT2D eigenvalue weighted by Crippen LogP contribution is -2.20. The van der Waals surface area contributed by atoms with Gasteiger partial charge in [-0.25, -0.2) is 0 Å². The van der Waals surface area contributed by atoms with Gasteiger partial charge in [0.15, 0.2) is 0 Å². The lowest BCUT2D eigenvalue weighted by molar-refractivity contribution is -0.119. The molecule has 0 saturated carbocycles. The minimum absolute atomic E-state index is 0.0546. The van der Waals surface area contributed by atoms with Crippen LogP contribution < -0.4 is 5.32 Å². The van der Waals surface area contributed by atoms with Crippen molar-refractivity contribution < 1.29 is 19.1 Å². The monoisotopic (exact) mass is 575 g/mol. The van der Waals surface area contributed by atoms with Crippen LogP contribution in [0.1, 0.15) is 20.7 Å². The lowest BCUT2D eigenvalue weighted by atomic mass is 10.1. The predicted molar refractivity (Wildman–Crippen MR) is 97.8 cm³/mol. The van der Waals surface area contributed by atoms with E-state index in [0.29, 0.717) is 3.57 Å². The Kier molecular flexibility index (Phi) is 7.61. The van der Waals surface area contributed by atoms with Crippen LogP contribution in [0.15, 0.2) is 0 Å². The van der Waals surface area contributed by atoms with E-state index in [-0.39, 0.29) is 32.0 Å². The Bertz CT molecular complexity index is 595. The third kappa shape index (κ3) is 4.41. The molecule has 0 fully saturated rings. The first-order chi connectivity index (χ1) is 9.72. The molecule has 0 radical (unpaired) electrons. The standard InChI is InChI=1S/C11H6Cl3I2NO4/c1-21-2-3(18)17-9-6(12)4(10(13)19)7(15)5(8(9)16)11(14)20/h2H2,1H3,(H,17,18). The van der Waals surface area contributed by atoms with E-state index in [0.717, 1.165) is 0 Å². The molecule has 0 bridgehead atoms. The maximum atomic E-state index is 11.6. The molecule has 0 heterocycles. The fourth-order valence-corrected chi connectivity index (χ4v) is 5.44. The second-order valence-corrected chi connectivity index (χ2v) is 6.82. The highest BCUT2D eigenvalue weighted by Crippen LogP contribution is 2.39.